The van der Waals surface area contributed by atoms with Crippen molar-refractivity contribution in [1.29, 1.82) is 5.26 Å². The van der Waals surface area contributed by atoms with Gasteiger partial charge in [-0.05, 0) is 70.0 Å². The number of benzene rings is 4. The van der Waals surface area contributed by atoms with Gasteiger partial charge in [-0.2, -0.15) is 5.26 Å². The summed E-state index contributed by atoms with van der Waals surface area (Å²) in [5.74, 6) is 0. The molecule has 0 radical (unpaired) electrons. The SMILES string of the molecule is CCCCCc1ccc(-c2ccc(-c3cccc(-c4ccc(C#N)cc4)c3)cc2)cc1. The summed E-state index contributed by atoms with van der Waals surface area (Å²) in [5, 5.41) is 9.00. The van der Waals surface area contributed by atoms with Gasteiger partial charge in [0.05, 0.1) is 11.6 Å². The van der Waals surface area contributed by atoms with Crippen molar-refractivity contribution in [2.24, 2.45) is 0 Å². The van der Waals surface area contributed by atoms with Gasteiger partial charge in [0, 0.05) is 0 Å². The third-order valence-electron chi connectivity index (χ3n) is 5.78. The standard InChI is InChI=1S/C30H27N/c1-2-3-4-6-23-9-13-25(14-10-23)26-17-19-28(20-18-26)30-8-5-7-29(21-30)27-15-11-24(22-31)12-16-27/h5,7-21H,2-4,6H2,1H3. The zero-order valence-corrected chi connectivity index (χ0v) is 18.0. The normalized spacial score (nSPS) is 10.6. The summed E-state index contributed by atoms with van der Waals surface area (Å²) in [7, 11) is 0. The Morgan fingerprint density at radius 1 is 0.581 bits per heavy atom. The number of nitrogens with zero attached hydrogens (tertiary/aromatic N) is 1. The second-order valence-electron chi connectivity index (χ2n) is 8.00. The van der Waals surface area contributed by atoms with E-state index in [1.165, 1.54) is 53.5 Å². The number of hydrogen-bond acceptors (Lipinski definition) is 1. The summed E-state index contributed by atoms with van der Waals surface area (Å²) in [6.45, 7) is 2.25. The van der Waals surface area contributed by atoms with E-state index in [4.69, 9.17) is 5.26 Å². The topological polar surface area (TPSA) is 23.8 Å². The van der Waals surface area contributed by atoms with E-state index in [1.54, 1.807) is 0 Å². The molecular formula is C30H27N. The Morgan fingerprint density at radius 2 is 1.06 bits per heavy atom. The van der Waals surface area contributed by atoms with E-state index in [0.717, 1.165) is 11.1 Å². The molecule has 0 aliphatic carbocycles. The average Bonchev–Trinajstić information content (AvgIpc) is 2.85. The third-order valence-corrected chi connectivity index (χ3v) is 5.78. The van der Waals surface area contributed by atoms with Crippen molar-refractivity contribution in [3.8, 4) is 39.4 Å². The molecule has 152 valence electrons. The van der Waals surface area contributed by atoms with Crippen LogP contribution in [0.25, 0.3) is 33.4 Å². The van der Waals surface area contributed by atoms with Crippen LogP contribution in [0.1, 0.15) is 37.3 Å². The summed E-state index contributed by atoms with van der Waals surface area (Å²) < 4.78 is 0. The van der Waals surface area contributed by atoms with Crippen LogP contribution in [0.3, 0.4) is 0 Å². The molecule has 0 N–H and O–H groups in total. The molecule has 0 aliphatic heterocycles. The van der Waals surface area contributed by atoms with Gasteiger partial charge in [0.25, 0.3) is 0 Å². The lowest BCUT2D eigenvalue weighted by Crippen LogP contribution is -1.86. The summed E-state index contributed by atoms with van der Waals surface area (Å²) in [5.41, 5.74) is 9.29. The predicted molar refractivity (Wildman–Crippen MR) is 131 cm³/mol. The Kier molecular flexibility index (Phi) is 6.60. The van der Waals surface area contributed by atoms with Crippen LogP contribution in [0.15, 0.2) is 97.1 Å². The molecule has 0 saturated heterocycles. The molecule has 31 heavy (non-hydrogen) atoms. The van der Waals surface area contributed by atoms with Crippen LogP contribution in [-0.2, 0) is 6.42 Å². The first-order valence-electron chi connectivity index (χ1n) is 11.1. The first-order chi connectivity index (χ1) is 15.3. The van der Waals surface area contributed by atoms with Crippen molar-refractivity contribution in [2.45, 2.75) is 32.6 Å². The van der Waals surface area contributed by atoms with Crippen molar-refractivity contribution in [1.82, 2.24) is 0 Å². The minimum atomic E-state index is 0.685. The van der Waals surface area contributed by atoms with Crippen LogP contribution in [0.4, 0.5) is 0 Å². The van der Waals surface area contributed by atoms with Crippen LogP contribution >= 0.6 is 0 Å². The van der Waals surface area contributed by atoms with Gasteiger partial charge >= 0.3 is 0 Å². The van der Waals surface area contributed by atoms with Gasteiger partial charge in [-0.25, -0.2) is 0 Å². The van der Waals surface area contributed by atoms with Crippen molar-refractivity contribution in [2.75, 3.05) is 0 Å². The van der Waals surface area contributed by atoms with E-state index in [0.29, 0.717) is 5.56 Å². The molecule has 4 aromatic rings. The number of nitriles is 1. The fourth-order valence-corrected chi connectivity index (χ4v) is 3.91. The minimum Gasteiger partial charge on any atom is -0.192 e. The molecule has 1 nitrogen and oxygen atoms in total. The molecule has 0 heterocycles. The molecule has 0 atom stereocenters. The first-order valence-corrected chi connectivity index (χ1v) is 11.1. The molecule has 0 aromatic heterocycles. The largest absolute Gasteiger partial charge is 0.192 e. The van der Waals surface area contributed by atoms with E-state index in [1.807, 2.05) is 24.3 Å². The van der Waals surface area contributed by atoms with E-state index in [-0.39, 0.29) is 0 Å². The summed E-state index contributed by atoms with van der Waals surface area (Å²) >= 11 is 0. The van der Waals surface area contributed by atoms with Gasteiger partial charge in [0.15, 0.2) is 0 Å². The minimum absolute atomic E-state index is 0.685. The van der Waals surface area contributed by atoms with Gasteiger partial charge in [0.2, 0.25) is 0 Å². The molecule has 0 aliphatic rings. The van der Waals surface area contributed by atoms with Crippen molar-refractivity contribution < 1.29 is 0 Å². The predicted octanol–water partition coefficient (Wildman–Crippen LogP) is 8.29. The molecule has 0 amide bonds. The quantitative estimate of drug-likeness (QED) is 0.286. The monoisotopic (exact) mass is 401 g/mol. The lowest BCUT2D eigenvalue weighted by molar-refractivity contribution is 0.717. The van der Waals surface area contributed by atoms with Gasteiger partial charge in [-0.1, -0.05) is 98.6 Å². The Bertz CT molecular complexity index is 1160. The maximum absolute atomic E-state index is 9.00. The molecule has 4 rings (SSSR count). The second-order valence-corrected chi connectivity index (χ2v) is 8.00. The number of rotatable bonds is 7. The van der Waals surface area contributed by atoms with Gasteiger partial charge in [-0.15, -0.1) is 0 Å². The third kappa shape index (κ3) is 5.11. The fourth-order valence-electron chi connectivity index (χ4n) is 3.91. The first kappa shape index (κ1) is 20.6. The van der Waals surface area contributed by atoms with Crippen LogP contribution in [0.2, 0.25) is 0 Å². The lowest BCUT2D eigenvalue weighted by Gasteiger charge is -2.08. The van der Waals surface area contributed by atoms with Crippen LogP contribution in [0.5, 0.6) is 0 Å². The molecule has 0 bridgehead atoms. The van der Waals surface area contributed by atoms with Gasteiger partial charge in [0.1, 0.15) is 0 Å². The molecule has 4 aromatic carbocycles. The van der Waals surface area contributed by atoms with Crippen molar-refractivity contribution in [3.05, 3.63) is 108 Å². The molecule has 0 fully saturated rings. The number of hydrogen-bond donors (Lipinski definition) is 0. The Hall–Kier alpha value is -3.63. The highest BCUT2D eigenvalue weighted by atomic mass is 14.2. The molecule has 1 heteroatoms. The van der Waals surface area contributed by atoms with E-state index < -0.39 is 0 Å². The van der Waals surface area contributed by atoms with Gasteiger partial charge in [-0.3, -0.25) is 0 Å². The zero-order valence-electron chi connectivity index (χ0n) is 18.0. The van der Waals surface area contributed by atoms with Crippen LogP contribution in [0, 0.1) is 11.3 Å². The molecular weight excluding hydrogens is 374 g/mol. The van der Waals surface area contributed by atoms with Crippen LogP contribution < -0.4 is 0 Å². The number of unbranched alkanes of at least 4 members (excludes halogenated alkanes) is 2. The Labute approximate surface area is 185 Å². The molecule has 0 unspecified atom stereocenters. The van der Waals surface area contributed by atoms with Crippen molar-refractivity contribution in [3.63, 3.8) is 0 Å². The Morgan fingerprint density at radius 3 is 1.58 bits per heavy atom. The second kappa shape index (κ2) is 9.92. The summed E-state index contributed by atoms with van der Waals surface area (Å²) in [6.07, 6.45) is 5.01. The average molecular weight is 402 g/mol. The van der Waals surface area contributed by atoms with Crippen LogP contribution in [-0.4, -0.2) is 0 Å². The highest BCUT2D eigenvalue weighted by molar-refractivity contribution is 5.75. The highest BCUT2D eigenvalue weighted by Gasteiger charge is 2.04. The van der Waals surface area contributed by atoms with E-state index in [2.05, 4.69) is 85.8 Å². The maximum atomic E-state index is 9.00. The molecule has 0 saturated carbocycles. The molecule has 0 spiro atoms. The zero-order chi connectivity index (χ0) is 21.5. The Balaban J connectivity index is 1.51. The smallest absolute Gasteiger partial charge is 0.0991 e. The number of aryl methyl sites for hydroxylation is 1. The summed E-state index contributed by atoms with van der Waals surface area (Å²) in [6, 6.07) is 36.3. The van der Waals surface area contributed by atoms with E-state index in [9.17, 15) is 0 Å². The van der Waals surface area contributed by atoms with Crippen molar-refractivity contribution >= 4 is 0 Å². The fraction of sp³-hybridized carbons (Fsp3) is 0.167. The highest BCUT2D eigenvalue weighted by Crippen LogP contribution is 2.29. The van der Waals surface area contributed by atoms with Gasteiger partial charge < -0.3 is 0 Å². The maximum Gasteiger partial charge on any atom is 0.0991 e. The lowest BCUT2D eigenvalue weighted by atomic mass is 9.96. The van der Waals surface area contributed by atoms with E-state index >= 15 is 0 Å². The summed E-state index contributed by atoms with van der Waals surface area (Å²) in [4.78, 5) is 0.